The van der Waals surface area contributed by atoms with Crippen molar-refractivity contribution in [2.45, 2.75) is 13.3 Å². The molecule has 5 heteroatoms. The van der Waals surface area contributed by atoms with Gasteiger partial charge in [0.1, 0.15) is 0 Å². The normalized spacial score (nSPS) is 31.4. The van der Waals surface area contributed by atoms with Crippen LogP contribution in [-0.2, 0) is 19.1 Å². The largest absolute Gasteiger partial charge is 0.393 e. The van der Waals surface area contributed by atoms with Gasteiger partial charge in [-0.1, -0.05) is 0 Å². The van der Waals surface area contributed by atoms with Crippen molar-refractivity contribution in [3.63, 3.8) is 0 Å². The fraction of sp³-hybridized carbons (Fsp3) is 0.667. The zero-order valence-electron chi connectivity index (χ0n) is 7.86. The predicted octanol–water partition coefficient (Wildman–Crippen LogP) is -0.446. The lowest BCUT2D eigenvalue weighted by Gasteiger charge is -2.38. The minimum absolute atomic E-state index is 0.0952. The van der Waals surface area contributed by atoms with Gasteiger partial charge in [-0.05, 0) is 6.42 Å². The quantitative estimate of drug-likeness (QED) is 0.390. The minimum atomic E-state index is -0.489. The number of hydrogen-bond acceptors (Lipinski definition) is 4. The Morgan fingerprint density at radius 1 is 1.29 bits per heavy atom. The van der Waals surface area contributed by atoms with Gasteiger partial charge in [-0.15, -0.1) is 0 Å². The summed E-state index contributed by atoms with van der Waals surface area (Å²) in [6.45, 7) is 2.22. The highest BCUT2D eigenvalue weighted by Gasteiger charge is 2.43. The van der Waals surface area contributed by atoms with Gasteiger partial charge in [0.05, 0.1) is 11.8 Å². The first kappa shape index (κ1) is 9.18. The van der Waals surface area contributed by atoms with Crippen LogP contribution in [0.5, 0.6) is 0 Å². The summed E-state index contributed by atoms with van der Waals surface area (Å²) in [4.78, 5) is 35.0. The van der Waals surface area contributed by atoms with Crippen molar-refractivity contribution in [2.24, 2.45) is 11.8 Å². The molecule has 5 nitrogen and oxygen atoms in total. The van der Waals surface area contributed by atoms with E-state index in [9.17, 15) is 14.4 Å². The monoisotopic (exact) mass is 197 g/mol. The van der Waals surface area contributed by atoms with Crippen LogP contribution in [0, 0.1) is 11.8 Å². The van der Waals surface area contributed by atoms with E-state index >= 15 is 0 Å². The number of carbonyl (C=O) groups is 3. The summed E-state index contributed by atoms with van der Waals surface area (Å²) in [5, 5.41) is 0. The van der Waals surface area contributed by atoms with Crippen LogP contribution in [0.4, 0.5) is 0 Å². The van der Waals surface area contributed by atoms with Crippen LogP contribution >= 0.6 is 0 Å². The average molecular weight is 197 g/mol. The molecule has 0 aromatic heterocycles. The third-order valence-electron chi connectivity index (χ3n) is 2.76. The molecule has 0 saturated carbocycles. The highest BCUT2D eigenvalue weighted by Crippen LogP contribution is 2.28. The van der Waals surface area contributed by atoms with Crippen molar-refractivity contribution in [1.29, 1.82) is 0 Å². The highest BCUT2D eigenvalue weighted by molar-refractivity contribution is 5.92. The molecule has 2 aliphatic rings. The Labute approximate surface area is 81.0 Å². The molecule has 2 fully saturated rings. The summed E-state index contributed by atoms with van der Waals surface area (Å²) in [6, 6.07) is 0. The van der Waals surface area contributed by atoms with E-state index in [0.717, 1.165) is 0 Å². The predicted molar refractivity (Wildman–Crippen MR) is 45.0 cm³/mol. The lowest BCUT2D eigenvalue weighted by atomic mass is 9.87. The molecule has 1 amide bonds. The molecule has 0 spiro atoms. The Kier molecular flexibility index (Phi) is 2.02. The average Bonchev–Trinajstić information content (AvgIpc) is 2.15. The number of piperidine rings is 1. The maximum absolute atomic E-state index is 11.2. The molecule has 2 rings (SSSR count). The van der Waals surface area contributed by atoms with E-state index in [1.807, 2.05) is 0 Å². The van der Waals surface area contributed by atoms with E-state index in [1.165, 1.54) is 11.8 Å². The van der Waals surface area contributed by atoms with E-state index < -0.39 is 11.9 Å². The van der Waals surface area contributed by atoms with E-state index in [0.29, 0.717) is 19.5 Å². The zero-order valence-corrected chi connectivity index (χ0v) is 7.86. The lowest BCUT2D eigenvalue weighted by Crippen LogP contribution is -2.52. The summed E-state index contributed by atoms with van der Waals surface area (Å²) in [5.74, 6) is -1.69. The SMILES string of the molecule is CC(=O)N1CC2CC(C1)C(=O)OC2=O. The van der Waals surface area contributed by atoms with Crippen molar-refractivity contribution in [2.75, 3.05) is 13.1 Å². The van der Waals surface area contributed by atoms with Gasteiger partial charge in [-0.3, -0.25) is 14.4 Å². The summed E-state index contributed by atoms with van der Waals surface area (Å²) in [5.41, 5.74) is 0. The Morgan fingerprint density at radius 3 is 2.21 bits per heavy atom. The van der Waals surface area contributed by atoms with Crippen molar-refractivity contribution >= 4 is 17.8 Å². The second-order valence-corrected chi connectivity index (χ2v) is 3.79. The number of cyclic esters (lactones) is 2. The minimum Gasteiger partial charge on any atom is -0.393 e. The van der Waals surface area contributed by atoms with Crippen LogP contribution in [0.2, 0.25) is 0 Å². The second kappa shape index (κ2) is 3.08. The van der Waals surface area contributed by atoms with E-state index in [2.05, 4.69) is 4.74 Å². The number of hydrogen-bond donors (Lipinski definition) is 0. The Hall–Kier alpha value is -1.39. The van der Waals surface area contributed by atoms with E-state index in [1.54, 1.807) is 0 Å². The van der Waals surface area contributed by atoms with Gasteiger partial charge < -0.3 is 9.64 Å². The number of nitrogens with zero attached hydrogens (tertiary/aromatic N) is 1. The third-order valence-corrected chi connectivity index (χ3v) is 2.76. The Morgan fingerprint density at radius 2 is 1.79 bits per heavy atom. The van der Waals surface area contributed by atoms with Crippen molar-refractivity contribution in [3.8, 4) is 0 Å². The zero-order chi connectivity index (χ0) is 10.3. The van der Waals surface area contributed by atoms with Gasteiger partial charge in [0.25, 0.3) is 0 Å². The lowest BCUT2D eigenvalue weighted by molar-refractivity contribution is -0.177. The summed E-state index contributed by atoms with van der Waals surface area (Å²) in [7, 11) is 0. The summed E-state index contributed by atoms with van der Waals surface area (Å²) < 4.78 is 4.57. The molecule has 0 aromatic carbocycles. The molecule has 0 aliphatic carbocycles. The number of fused-ring (bicyclic) bond motifs is 2. The molecule has 2 atom stereocenters. The molecular weight excluding hydrogens is 186 g/mol. The smallest absolute Gasteiger partial charge is 0.318 e. The van der Waals surface area contributed by atoms with Gasteiger partial charge in [0.15, 0.2) is 0 Å². The van der Waals surface area contributed by atoms with Gasteiger partial charge in [0, 0.05) is 20.0 Å². The first-order valence-electron chi connectivity index (χ1n) is 4.59. The number of ether oxygens (including phenoxy) is 1. The number of rotatable bonds is 0. The topological polar surface area (TPSA) is 63.7 Å². The number of carbonyl (C=O) groups excluding carboxylic acids is 3. The van der Waals surface area contributed by atoms with Crippen molar-refractivity contribution < 1.29 is 19.1 Å². The van der Waals surface area contributed by atoms with E-state index in [4.69, 9.17) is 0 Å². The van der Waals surface area contributed by atoms with Crippen LogP contribution in [0.3, 0.4) is 0 Å². The van der Waals surface area contributed by atoms with Crippen LogP contribution < -0.4 is 0 Å². The maximum atomic E-state index is 11.2. The van der Waals surface area contributed by atoms with Gasteiger partial charge >= 0.3 is 11.9 Å². The highest BCUT2D eigenvalue weighted by atomic mass is 16.6. The maximum Gasteiger partial charge on any atom is 0.318 e. The fourth-order valence-corrected chi connectivity index (χ4v) is 1.96. The number of esters is 2. The molecule has 0 N–H and O–H groups in total. The molecule has 2 bridgehead atoms. The molecule has 2 unspecified atom stereocenters. The molecule has 0 radical (unpaired) electrons. The number of amides is 1. The molecule has 2 aliphatic heterocycles. The molecule has 14 heavy (non-hydrogen) atoms. The van der Waals surface area contributed by atoms with Crippen LogP contribution in [0.15, 0.2) is 0 Å². The van der Waals surface area contributed by atoms with Crippen LogP contribution in [-0.4, -0.2) is 35.8 Å². The fourth-order valence-electron chi connectivity index (χ4n) is 1.96. The van der Waals surface area contributed by atoms with Gasteiger partial charge in [-0.2, -0.15) is 0 Å². The van der Waals surface area contributed by atoms with Crippen molar-refractivity contribution in [1.82, 2.24) is 4.90 Å². The first-order chi connectivity index (χ1) is 6.58. The van der Waals surface area contributed by atoms with E-state index in [-0.39, 0.29) is 17.7 Å². The molecule has 2 saturated heterocycles. The Bertz CT molecular complexity index is 290. The van der Waals surface area contributed by atoms with Gasteiger partial charge in [-0.25, -0.2) is 0 Å². The molecule has 76 valence electrons. The van der Waals surface area contributed by atoms with Crippen molar-refractivity contribution in [3.05, 3.63) is 0 Å². The number of likely N-dealkylation sites (tertiary alicyclic amines) is 1. The summed E-state index contributed by atoms with van der Waals surface area (Å²) in [6.07, 6.45) is 0.529. The summed E-state index contributed by atoms with van der Waals surface area (Å²) >= 11 is 0. The first-order valence-corrected chi connectivity index (χ1v) is 4.59. The van der Waals surface area contributed by atoms with Gasteiger partial charge in [0.2, 0.25) is 5.91 Å². The second-order valence-electron chi connectivity index (χ2n) is 3.79. The molecule has 0 aromatic rings. The molecule has 2 heterocycles. The molecular formula is C9H11NO4. The standard InChI is InChI=1S/C9H11NO4/c1-5(11)10-3-6-2-7(4-10)9(13)14-8(6)12/h6-7H,2-4H2,1H3. The Balaban J connectivity index is 2.17. The van der Waals surface area contributed by atoms with Crippen LogP contribution in [0.1, 0.15) is 13.3 Å². The van der Waals surface area contributed by atoms with Crippen LogP contribution in [0.25, 0.3) is 0 Å². The third kappa shape index (κ3) is 1.38.